The van der Waals surface area contributed by atoms with Crippen molar-refractivity contribution in [1.82, 2.24) is 19.5 Å². The van der Waals surface area contributed by atoms with Crippen molar-refractivity contribution in [3.8, 4) is 22.8 Å². The van der Waals surface area contributed by atoms with Gasteiger partial charge in [0.15, 0.2) is 11.6 Å². The van der Waals surface area contributed by atoms with Gasteiger partial charge in [-0.2, -0.15) is 4.39 Å². The van der Waals surface area contributed by atoms with Gasteiger partial charge in [0.2, 0.25) is 11.8 Å². The van der Waals surface area contributed by atoms with Crippen LogP contribution in [0.4, 0.5) is 16.2 Å². The zero-order chi connectivity index (χ0) is 21.3. The van der Waals surface area contributed by atoms with Gasteiger partial charge in [-0.05, 0) is 31.2 Å². The van der Waals surface area contributed by atoms with Crippen molar-refractivity contribution < 1.29 is 9.13 Å². The quantitative estimate of drug-likeness (QED) is 0.523. The highest BCUT2D eigenvalue weighted by molar-refractivity contribution is 5.82. The Morgan fingerprint density at radius 2 is 2.03 bits per heavy atom. The van der Waals surface area contributed by atoms with Crippen molar-refractivity contribution >= 4 is 22.7 Å². The summed E-state index contributed by atoms with van der Waals surface area (Å²) in [6, 6.07) is 10.1. The van der Waals surface area contributed by atoms with Gasteiger partial charge in [-0.3, -0.25) is 9.36 Å². The molecule has 0 unspecified atom stereocenters. The van der Waals surface area contributed by atoms with E-state index >= 15 is 0 Å². The number of benzene rings is 1. The van der Waals surface area contributed by atoms with Crippen molar-refractivity contribution in [1.29, 1.82) is 0 Å². The standard InChI is InChI=1S/C21H19FN6O2/c1-3-24-21-26-11-14(20(29)28(21)2)16-6-4-12-10-13(5-7-15(12)27-16)30-17-8-9-25-19(23)18(17)22/h4-11H,3H2,1-2H3,(H2,23,25)(H,24,26). The number of nitrogen functional groups attached to an aromatic ring is 1. The summed E-state index contributed by atoms with van der Waals surface area (Å²) in [4.78, 5) is 25.2. The van der Waals surface area contributed by atoms with Gasteiger partial charge in [0.25, 0.3) is 5.56 Å². The van der Waals surface area contributed by atoms with E-state index in [0.29, 0.717) is 35.0 Å². The Kier molecular flexibility index (Phi) is 5.01. The molecule has 0 aliphatic carbocycles. The fourth-order valence-corrected chi connectivity index (χ4v) is 3.01. The fourth-order valence-electron chi connectivity index (χ4n) is 3.01. The molecule has 1 aromatic carbocycles. The minimum absolute atomic E-state index is 0.0122. The Morgan fingerprint density at radius 3 is 2.83 bits per heavy atom. The molecule has 4 aromatic rings. The Bertz CT molecular complexity index is 1300. The normalized spacial score (nSPS) is 10.9. The minimum Gasteiger partial charge on any atom is -0.454 e. The number of hydrogen-bond acceptors (Lipinski definition) is 7. The number of pyridine rings is 2. The maximum absolute atomic E-state index is 14.0. The molecule has 0 aliphatic heterocycles. The molecule has 4 rings (SSSR count). The van der Waals surface area contributed by atoms with Crippen LogP contribution in [0.1, 0.15) is 6.92 Å². The van der Waals surface area contributed by atoms with E-state index in [1.807, 2.05) is 13.0 Å². The Morgan fingerprint density at radius 1 is 1.20 bits per heavy atom. The molecule has 0 saturated carbocycles. The number of hydrogen-bond donors (Lipinski definition) is 2. The molecule has 3 N–H and O–H groups in total. The molecule has 9 heteroatoms. The van der Waals surface area contributed by atoms with Gasteiger partial charge in [-0.25, -0.2) is 15.0 Å². The van der Waals surface area contributed by atoms with Gasteiger partial charge >= 0.3 is 0 Å². The number of aromatic nitrogens is 4. The van der Waals surface area contributed by atoms with E-state index in [9.17, 15) is 9.18 Å². The maximum Gasteiger partial charge on any atom is 0.264 e. The highest BCUT2D eigenvalue weighted by Gasteiger charge is 2.12. The molecule has 0 spiro atoms. The summed E-state index contributed by atoms with van der Waals surface area (Å²) in [5.74, 6) is -0.0286. The average molecular weight is 406 g/mol. The smallest absolute Gasteiger partial charge is 0.264 e. The van der Waals surface area contributed by atoms with Gasteiger partial charge in [0.05, 0.1) is 16.8 Å². The third kappa shape index (κ3) is 3.52. The van der Waals surface area contributed by atoms with Crippen LogP contribution in [0.5, 0.6) is 11.5 Å². The van der Waals surface area contributed by atoms with Crippen LogP contribution in [-0.2, 0) is 7.05 Å². The van der Waals surface area contributed by atoms with Crippen molar-refractivity contribution in [2.45, 2.75) is 6.92 Å². The number of ether oxygens (including phenoxy) is 1. The van der Waals surface area contributed by atoms with E-state index in [1.165, 1.54) is 23.0 Å². The molecule has 0 bridgehead atoms. The van der Waals surface area contributed by atoms with Crippen LogP contribution in [0.3, 0.4) is 0 Å². The largest absolute Gasteiger partial charge is 0.454 e. The van der Waals surface area contributed by atoms with Crippen molar-refractivity contribution in [3.05, 3.63) is 65.0 Å². The molecular weight excluding hydrogens is 387 g/mol. The summed E-state index contributed by atoms with van der Waals surface area (Å²) in [5, 5.41) is 3.81. The molecule has 0 fully saturated rings. The summed E-state index contributed by atoms with van der Waals surface area (Å²) in [6.45, 7) is 2.59. The van der Waals surface area contributed by atoms with Gasteiger partial charge in [-0.15, -0.1) is 0 Å². The molecule has 0 amide bonds. The van der Waals surface area contributed by atoms with Gasteiger partial charge in [0.1, 0.15) is 5.75 Å². The second kappa shape index (κ2) is 7.78. The SMILES string of the molecule is CCNc1ncc(-c2ccc3cc(Oc4ccnc(N)c4F)ccc3n2)c(=O)n1C. The first kappa shape index (κ1) is 19.3. The highest BCUT2D eigenvalue weighted by Crippen LogP contribution is 2.29. The molecule has 152 valence electrons. The number of fused-ring (bicyclic) bond motifs is 1. The van der Waals surface area contributed by atoms with E-state index < -0.39 is 5.82 Å². The molecule has 0 radical (unpaired) electrons. The van der Waals surface area contributed by atoms with Gasteiger partial charge in [0, 0.05) is 37.4 Å². The van der Waals surface area contributed by atoms with E-state index in [0.717, 1.165) is 5.39 Å². The summed E-state index contributed by atoms with van der Waals surface area (Å²) in [6.07, 6.45) is 2.89. The molecule has 30 heavy (non-hydrogen) atoms. The van der Waals surface area contributed by atoms with Crippen LogP contribution in [-0.4, -0.2) is 26.1 Å². The summed E-state index contributed by atoms with van der Waals surface area (Å²) >= 11 is 0. The zero-order valence-electron chi connectivity index (χ0n) is 16.4. The van der Waals surface area contributed by atoms with Crippen molar-refractivity contribution in [2.75, 3.05) is 17.6 Å². The Hall–Kier alpha value is -4.01. The molecule has 0 aliphatic rings. The first-order valence-corrected chi connectivity index (χ1v) is 9.27. The summed E-state index contributed by atoms with van der Waals surface area (Å²) in [7, 11) is 1.66. The number of halogens is 1. The lowest BCUT2D eigenvalue weighted by Gasteiger charge is -2.11. The van der Waals surface area contributed by atoms with E-state index in [2.05, 4.69) is 20.3 Å². The molecule has 0 atom stereocenters. The van der Waals surface area contributed by atoms with E-state index in [4.69, 9.17) is 10.5 Å². The zero-order valence-corrected chi connectivity index (χ0v) is 16.4. The number of rotatable bonds is 5. The fraction of sp³-hybridized carbons (Fsp3) is 0.143. The lowest BCUT2D eigenvalue weighted by molar-refractivity contribution is 0.442. The van der Waals surface area contributed by atoms with Crippen molar-refractivity contribution in [3.63, 3.8) is 0 Å². The third-order valence-corrected chi connectivity index (χ3v) is 4.55. The molecule has 3 aromatic heterocycles. The van der Waals surface area contributed by atoms with Crippen LogP contribution in [0.15, 0.2) is 53.6 Å². The first-order valence-electron chi connectivity index (χ1n) is 9.27. The predicted molar refractivity (Wildman–Crippen MR) is 113 cm³/mol. The summed E-state index contributed by atoms with van der Waals surface area (Å²) < 4.78 is 21.1. The van der Waals surface area contributed by atoms with Crippen LogP contribution in [0.2, 0.25) is 0 Å². The number of nitrogens with two attached hydrogens (primary N) is 1. The van der Waals surface area contributed by atoms with Gasteiger partial charge < -0.3 is 15.8 Å². The highest BCUT2D eigenvalue weighted by atomic mass is 19.1. The predicted octanol–water partition coefficient (Wildman–Crippen LogP) is 3.34. The minimum atomic E-state index is -0.713. The first-order chi connectivity index (χ1) is 14.5. The lowest BCUT2D eigenvalue weighted by Crippen LogP contribution is -2.23. The van der Waals surface area contributed by atoms with Crippen LogP contribution >= 0.6 is 0 Å². The third-order valence-electron chi connectivity index (χ3n) is 4.55. The maximum atomic E-state index is 14.0. The second-order valence-corrected chi connectivity index (χ2v) is 6.55. The van der Waals surface area contributed by atoms with E-state index in [1.54, 1.807) is 31.3 Å². The van der Waals surface area contributed by atoms with Gasteiger partial charge in [-0.1, -0.05) is 6.07 Å². The monoisotopic (exact) mass is 406 g/mol. The number of anilines is 2. The van der Waals surface area contributed by atoms with Crippen LogP contribution < -0.4 is 21.3 Å². The Balaban J connectivity index is 1.68. The second-order valence-electron chi connectivity index (χ2n) is 6.55. The average Bonchev–Trinajstić information content (AvgIpc) is 2.75. The van der Waals surface area contributed by atoms with Crippen LogP contribution in [0.25, 0.3) is 22.2 Å². The van der Waals surface area contributed by atoms with Crippen LogP contribution in [0, 0.1) is 5.82 Å². The van der Waals surface area contributed by atoms with Crippen molar-refractivity contribution in [2.24, 2.45) is 7.05 Å². The Labute approximate surface area is 171 Å². The molecular formula is C21H19FN6O2. The molecule has 8 nitrogen and oxygen atoms in total. The number of nitrogens with one attached hydrogen (secondary N) is 1. The summed E-state index contributed by atoms with van der Waals surface area (Å²) in [5.41, 5.74) is 6.85. The topological polar surface area (TPSA) is 108 Å². The lowest BCUT2D eigenvalue weighted by atomic mass is 10.1. The molecule has 3 heterocycles. The molecule has 0 saturated heterocycles. The number of nitrogens with zero attached hydrogens (tertiary/aromatic N) is 4. The van der Waals surface area contributed by atoms with E-state index in [-0.39, 0.29) is 17.1 Å².